The Bertz CT molecular complexity index is 59.0. The minimum atomic E-state index is 0. The molecule has 1 unspecified atom stereocenters. The maximum absolute atomic E-state index is 8.07. The fraction of sp³-hybridized carbons (Fsp3) is 1.00. The van der Waals surface area contributed by atoms with Gasteiger partial charge < -0.3 is 8.90 Å². The van der Waals surface area contributed by atoms with E-state index in [0.717, 1.165) is 35.9 Å². The molecule has 1 atom stereocenters. The fourth-order valence-electron chi connectivity index (χ4n) is 0.325. The van der Waals surface area contributed by atoms with Crippen LogP contribution in [0.3, 0.4) is 0 Å². The van der Waals surface area contributed by atoms with Crippen molar-refractivity contribution < 1.29 is 35.1 Å². The van der Waals surface area contributed by atoms with Crippen molar-refractivity contribution in [3.05, 3.63) is 0 Å². The van der Waals surface area contributed by atoms with E-state index >= 15 is 0 Å². The molecule has 0 bridgehead atoms. The van der Waals surface area contributed by atoms with Crippen molar-refractivity contribution in [2.24, 2.45) is 0 Å². The maximum atomic E-state index is 8.07. The van der Waals surface area contributed by atoms with E-state index in [0.29, 0.717) is 12.7 Å². The summed E-state index contributed by atoms with van der Waals surface area (Å²) in [6, 6.07) is 0. The average Bonchev–Trinajstić information content (AvgIpc) is 2.06. The number of unbranched alkanes of at least 4 members (excludes halogenated alkanes) is 1. The second kappa shape index (κ2) is 18.2. The summed E-state index contributed by atoms with van der Waals surface area (Å²) in [7, 11) is 0. The van der Waals surface area contributed by atoms with Crippen LogP contribution in [0.15, 0.2) is 0 Å². The molecule has 0 aromatic rings. The van der Waals surface area contributed by atoms with E-state index in [9.17, 15) is 0 Å². The predicted octanol–water partition coefficient (Wildman–Crippen LogP) is 1.13. The van der Waals surface area contributed by atoms with Gasteiger partial charge in [0, 0.05) is 38.9 Å². The van der Waals surface area contributed by atoms with Crippen molar-refractivity contribution in [3.63, 3.8) is 0 Å². The molecular formula is C8H21AlO2Zr. The number of hydrogen-bond acceptors (Lipinski definition) is 2. The Balaban J connectivity index is -0.000000126. The van der Waals surface area contributed by atoms with Gasteiger partial charge in [-0.25, -0.2) is 0 Å². The molecule has 0 saturated heterocycles. The Labute approximate surface area is 104 Å². The van der Waals surface area contributed by atoms with Crippen molar-refractivity contribution in [1.29, 1.82) is 0 Å². The van der Waals surface area contributed by atoms with Gasteiger partial charge in [-0.3, -0.25) is 0 Å². The molecule has 0 aliphatic rings. The van der Waals surface area contributed by atoms with Gasteiger partial charge >= 0.3 is 16.6 Å². The van der Waals surface area contributed by atoms with E-state index in [1.165, 1.54) is 0 Å². The number of aliphatic hydroxyl groups excluding tert-OH is 1. The minimum absolute atomic E-state index is 0. The molecule has 4 heteroatoms. The molecule has 0 saturated carbocycles. The number of aliphatic hydroxyl groups is 1. The molecule has 0 aromatic heterocycles. The van der Waals surface area contributed by atoms with Crippen LogP contribution in [0.4, 0.5) is 0 Å². The van der Waals surface area contributed by atoms with Gasteiger partial charge in [-0.2, -0.15) is 0 Å². The molecular weight excluding hydrogens is 246 g/mol. The van der Waals surface area contributed by atoms with Crippen molar-refractivity contribution in [2.45, 2.75) is 46.1 Å². The molecule has 0 aliphatic carbocycles. The van der Waals surface area contributed by atoms with Crippen LogP contribution in [-0.4, -0.2) is 34.4 Å². The third-order valence-corrected chi connectivity index (χ3v) is 2.29. The Morgan fingerprint density at radius 1 is 1.42 bits per heavy atom. The summed E-state index contributed by atoms with van der Waals surface area (Å²) in [6.45, 7) is 6.61. The van der Waals surface area contributed by atoms with Crippen molar-refractivity contribution >= 4 is 16.6 Å². The van der Waals surface area contributed by atoms with Gasteiger partial charge in [0.05, 0.1) is 0 Å². The van der Waals surface area contributed by atoms with Crippen LogP contribution < -0.4 is 0 Å². The third kappa shape index (κ3) is 22.5. The number of hydrogen-bond donors (Lipinski definition) is 1. The summed E-state index contributed by atoms with van der Waals surface area (Å²) in [5, 5.41) is 8.07. The molecule has 0 aromatic carbocycles. The average molecular weight is 267 g/mol. The first kappa shape index (κ1) is 19.0. The zero-order valence-electron chi connectivity index (χ0n) is 8.76. The molecule has 0 amide bonds. The summed E-state index contributed by atoms with van der Waals surface area (Å²) in [6.07, 6.45) is 3.68. The van der Waals surface area contributed by atoms with Crippen LogP contribution in [0.2, 0.25) is 0 Å². The molecule has 0 rings (SSSR count). The molecule has 0 aliphatic heterocycles. The van der Waals surface area contributed by atoms with E-state index in [1.807, 2.05) is 0 Å². The van der Waals surface area contributed by atoms with Crippen molar-refractivity contribution in [2.75, 3.05) is 6.61 Å². The van der Waals surface area contributed by atoms with Crippen LogP contribution >= 0.6 is 0 Å². The zero-order valence-corrected chi connectivity index (χ0v) is 13.2. The second-order valence-electron chi connectivity index (χ2n) is 2.53. The van der Waals surface area contributed by atoms with Gasteiger partial charge in [0.15, 0.2) is 0 Å². The number of rotatable bonds is 4. The van der Waals surface area contributed by atoms with E-state index in [1.54, 1.807) is 0 Å². The zero-order chi connectivity index (χ0) is 9.11. The van der Waals surface area contributed by atoms with Crippen LogP contribution in [0.5, 0.6) is 0 Å². The van der Waals surface area contributed by atoms with E-state index in [2.05, 4.69) is 20.8 Å². The fourth-order valence-corrected chi connectivity index (χ4v) is 0.658. The van der Waals surface area contributed by atoms with Crippen LogP contribution in [0.25, 0.3) is 0 Å². The quantitative estimate of drug-likeness (QED) is 0.774. The topological polar surface area (TPSA) is 29.5 Å². The van der Waals surface area contributed by atoms with Crippen molar-refractivity contribution in [3.8, 4) is 0 Å². The van der Waals surface area contributed by atoms with Crippen LogP contribution in [0, 0.1) is 0 Å². The van der Waals surface area contributed by atoms with Crippen molar-refractivity contribution in [1.82, 2.24) is 0 Å². The Kier molecular flexibility index (Phi) is 28.8. The first-order valence-electron chi connectivity index (χ1n) is 4.36. The first-order valence-corrected chi connectivity index (χ1v) is 5.18. The Morgan fingerprint density at radius 2 is 1.92 bits per heavy atom. The van der Waals surface area contributed by atoms with E-state index in [-0.39, 0.29) is 26.2 Å². The van der Waals surface area contributed by atoms with Gasteiger partial charge in [0.25, 0.3) is 0 Å². The van der Waals surface area contributed by atoms with E-state index in [4.69, 9.17) is 8.90 Å². The summed E-state index contributed by atoms with van der Waals surface area (Å²) in [4.78, 5) is 0. The standard InChI is InChI=1S/C4H9O.C4H10O.Al.Zr.2H/c1-3-4(2)5;1-2-3-4-5;;;;/h4H,3H2,1-2H3;5H,2-4H2,1H3;;;;/q-1;;+1;;;. The minimum Gasteiger partial charge on any atom is -0.504 e. The van der Waals surface area contributed by atoms with E-state index < -0.39 is 0 Å². The third-order valence-electron chi connectivity index (χ3n) is 1.49. The molecule has 2 nitrogen and oxygen atoms in total. The molecule has 0 fully saturated rings. The molecule has 1 N–H and O–H groups in total. The SMILES string of the molecule is CCC(C)[O][AlH2].CCCCO.[Zr]. The normalized spacial score (nSPS) is 10.7. The second-order valence-corrected chi connectivity index (χ2v) is 3.00. The van der Waals surface area contributed by atoms with Gasteiger partial charge in [-0.1, -0.05) is 20.3 Å². The molecule has 12 heavy (non-hydrogen) atoms. The van der Waals surface area contributed by atoms with Gasteiger partial charge in [-0.05, 0) is 19.8 Å². The maximum Gasteiger partial charge on any atom is 0.410 e. The van der Waals surface area contributed by atoms with Gasteiger partial charge in [0.1, 0.15) is 0 Å². The van der Waals surface area contributed by atoms with Gasteiger partial charge in [0.2, 0.25) is 0 Å². The Morgan fingerprint density at radius 3 is 1.92 bits per heavy atom. The first-order chi connectivity index (χ1) is 5.22. The predicted molar refractivity (Wildman–Crippen MR) is 51.4 cm³/mol. The molecule has 0 spiro atoms. The summed E-state index contributed by atoms with van der Waals surface area (Å²) >= 11 is 0.882. The van der Waals surface area contributed by atoms with Gasteiger partial charge in [-0.15, -0.1) is 0 Å². The van der Waals surface area contributed by atoms with Crippen LogP contribution in [-0.2, 0) is 30.0 Å². The monoisotopic (exact) mass is 266 g/mol. The Hall–Kier alpha value is 1.34. The largest absolute Gasteiger partial charge is 0.504 e. The summed E-state index contributed by atoms with van der Waals surface area (Å²) in [5.41, 5.74) is 0. The summed E-state index contributed by atoms with van der Waals surface area (Å²) in [5.74, 6) is 0. The van der Waals surface area contributed by atoms with Crippen LogP contribution in [0.1, 0.15) is 40.0 Å². The molecule has 0 radical (unpaired) electrons. The molecule has 0 heterocycles. The summed E-state index contributed by atoms with van der Waals surface area (Å²) < 4.78 is 5.04. The smallest absolute Gasteiger partial charge is 0.410 e. The molecule has 72 valence electrons.